The Balaban J connectivity index is 1.79. The van der Waals surface area contributed by atoms with Crippen LogP contribution in [0.15, 0.2) is 11.6 Å². The van der Waals surface area contributed by atoms with Gasteiger partial charge in [0.25, 0.3) is 0 Å². The molecule has 0 unspecified atom stereocenters. The molecular weight excluding hydrogens is 440 g/mol. The largest absolute Gasteiger partial charge is 0.356 e. The van der Waals surface area contributed by atoms with Gasteiger partial charge in [0, 0.05) is 21.1 Å². The molecule has 0 bridgehead atoms. The van der Waals surface area contributed by atoms with Crippen LogP contribution in [-0.4, -0.2) is 41.4 Å². The maximum Gasteiger partial charge on any atom is 0.155 e. The van der Waals surface area contributed by atoms with Crippen molar-refractivity contribution in [2.24, 2.45) is 22.2 Å². The lowest BCUT2D eigenvalue weighted by Crippen LogP contribution is -2.56. The Hall–Kier alpha value is -0.676. The first-order chi connectivity index (χ1) is 15.1. The highest BCUT2D eigenvalue weighted by molar-refractivity contribution is 6.83. The second-order valence-electron chi connectivity index (χ2n) is 14.0. The average Bonchev–Trinajstić information content (AvgIpc) is 2.67. The molecule has 0 aromatic heterocycles. The lowest BCUT2D eigenvalue weighted by Gasteiger charge is -2.61. The summed E-state index contributed by atoms with van der Waals surface area (Å²) in [5.41, 5.74) is 5.00. The normalized spacial score (nSPS) is 34.0. The third-order valence-corrected chi connectivity index (χ3v) is 11.1. The molecule has 2 saturated carbocycles. The van der Waals surface area contributed by atoms with E-state index in [1.54, 1.807) is 0 Å². The molecule has 0 aromatic carbocycles. The standard InChI is InChI=1S/C28H48O3Si2/c1-26(2)23-11-15-28(16-18-32(4,5)6)14-10-22(29)20-24(28)27(23,3)13-12-25(26)31-21-30-17-19-33(7,8)9/h20,23,25H,10-15,17,19,21H2,1-9H3/t23-,25-,27-,28+/m0/s1. The SMILES string of the molecule is CC1(C)[C@@H](OCOCC[Si](C)(C)C)CC[C@]2(C)C3=CC(=O)CC[C@]3(C#C[Si](C)(C)C)CC[C@@H]12. The number of hydrogen-bond acceptors (Lipinski definition) is 3. The highest BCUT2D eigenvalue weighted by Gasteiger charge is 2.60. The van der Waals surface area contributed by atoms with E-state index < -0.39 is 16.1 Å². The molecule has 0 aromatic rings. The molecular formula is C28H48O3Si2. The van der Waals surface area contributed by atoms with E-state index >= 15 is 0 Å². The molecule has 0 heterocycles. The first kappa shape index (κ1) is 26.9. The highest BCUT2D eigenvalue weighted by atomic mass is 28.3. The van der Waals surface area contributed by atoms with Crippen molar-refractivity contribution in [2.45, 2.75) is 111 Å². The molecule has 0 aliphatic heterocycles. The third kappa shape index (κ3) is 5.94. The lowest BCUT2D eigenvalue weighted by molar-refractivity contribution is -0.175. The quantitative estimate of drug-likeness (QED) is 0.173. The summed E-state index contributed by atoms with van der Waals surface area (Å²) in [6.45, 7) is 22.5. The molecule has 0 saturated heterocycles. The van der Waals surface area contributed by atoms with E-state index in [4.69, 9.17) is 9.47 Å². The van der Waals surface area contributed by atoms with Gasteiger partial charge in [-0.05, 0) is 66.5 Å². The molecule has 4 atom stereocenters. The number of carbonyl (C=O) groups excluding carboxylic acids is 1. The molecule has 2 fully saturated rings. The van der Waals surface area contributed by atoms with Crippen molar-refractivity contribution in [3.05, 3.63) is 11.6 Å². The molecule has 5 heteroatoms. The maximum absolute atomic E-state index is 12.6. The summed E-state index contributed by atoms with van der Waals surface area (Å²) in [5, 5.41) is 0. The van der Waals surface area contributed by atoms with Crippen molar-refractivity contribution in [3.8, 4) is 11.5 Å². The number of hydrogen-bond donors (Lipinski definition) is 0. The van der Waals surface area contributed by atoms with Gasteiger partial charge >= 0.3 is 0 Å². The molecule has 3 aliphatic carbocycles. The van der Waals surface area contributed by atoms with Crippen LogP contribution in [0.25, 0.3) is 0 Å². The fraction of sp³-hybridized carbons (Fsp3) is 0.821. The fourth-order valence-electron chi connectivity index (χ4n) is 6.61. The second kappa shape index (κ2) is 9.41. The first-order valence-corrected chi connectivity index (χ1v) is 20.3. The number of carbonyl (C=O) groups is 1. The Kier molecular flexibility index (Phi) is 7.68. The molecule has 186 valence electrons. The van der Waals surface area contributed by atoms with Crippen LogP contribution in [-0.2, 0) is 14.3 Å². The summed E-state index contributed by atoms with van der Waals surface area (Å²) >= 11 is 0. The minimum atomic E-state index is -1.49. The summed E-state index contributed by atoms with van der Waals surface area (Å²) < 4.78 is 12.3. The van der Waals surface area contributed by atoms with Gasteiger partial charge in [0.15, 0.2) is 5.78 Å². The third-order valence-electron chi connectivity index (χ3n) is 8.54. The van der Waals surface area contributed by atoms with Crippen LogP contribution >= 0.6 is 0 Å². The van der Waals surface area contributed by atoms with E-state index in [0.29, 0.717) is 24.9 Å². The van der Waals surface area contributed by atoms with Gasteiger partial charge in [-0.1, -0.05) is 66.0 Å². The predicted molar refractivity (Wildman–Crippen MR) is 144 cm³/mol. The van der Waals surface area contributed by atoms with Crippen LogP contribution in [0.3, 0.4) is 0 Å². The lowest BCUT2D eigenvalue weighted by atomic mass is 9.43. The van der Waals surface area contributed by atoms with Crippen LogP contribution < -0.4 is 0 Å². The van der Waals surface area contributed by atoms with Crippen molar-refractivity contribution < 1.29 is 14.3 Å². The van der Waals surface area contributed by atoms with E-state index in [-0.39, 0.29) is 22.3 Å². The van der Waals surface area contributed by atoms with Crippen molar-refractivity contribution in [2.75, 3.05) is 13.4 Å². The molecule has 3 aliphatic rings. The summed E-state index contributed by atoms with van der Waals surface area (Å²) in [6, 6.07) is 1.17. The van der Waals surface area contributed by atoms with Crippen LogP contribution in [0.2, 0.25) is 45.3 Å². The van der Waals surface area contributed by atoms with Gasteiger partial charge in [-0.15, -0.1) is 5.54 Å². The maximum atomic E-state index is 12.6. The number of ether oxygens (including phenoxy) is 2. The molecule has 3 nitrogen and oxygen atoms in total. The zero-order valence-corrected chi connectivity index (χ0v) is 24.8. The van der Waals surface area contributed by atoms with Gasteiger partial charge in [-0.25, -0.2) is 0 Å². The molecule has 0 spiro atoms. The monoisotopic (exact) mass is 488 g/mol. The van der Waals surface area contributed by atoms with Crippen LogP contribution in [0.5, 0.6) is 0 Å². The molecule has 0 N–H and O–H groups in total. The van der Waals surface area contributed by atoms with Gasteiger partial charge < -0.3 is 9.47 Å². The Morgan fingerprint density at radius 2 is 1.73 bits per heavy atom. The smallest absolute Gasteiger partial charge is 0.155 e. The summed E-state index contributed by atoms with van der Waals surface area (Å²) in [5.74, 6) is 4.58. The molecule has 3 rings (SSSR count). The van der Waals surface area contributed by atoms with Crippen LogP contribution in [0.1, 0.15) is 59.3 Å². The summed E-state index contributed by atoms with van der Waals surface area (Å²) in [4.78, 5) is 12.6. The molecule has 33 heavy (non-hydrogen) atoms. The van der Waals surface area contributed by atoms with Gasteiger partial charge in [0.05, 0.1) is 11.5 Å². The minimum Gasteiger partial charge on any atom is -0.356 e. The van der Waals surface area contributed by atoms with Crippen molar-refractivity contribution >= 4 is 21.9 Å². The Bertz CT molecular complexity index is 836. The molecule has 0 radical (unpaired) electrons. The second-order valence-corrected chi connectivity index (χ2v) is 24.3. The highest BCUT2D eigenvalue weighted by Crippen LogP contribution is 2.66. The van der Waals surface area contributed by atoms with E-state index in [1.807, 2.05) is 6.08 Å². The average molecular weight is 489 g/mol. The number of fused-ring (bicyclic) bond motifs is 3. The van der Waals surface area contributed by atoms with Crippen LogP contribution in [0.4, 0.5) is 0 Å². The first-order valence-electron chi connectivity index (χ1n) is 13.1. The predicted octanol–water partition coefficient (Wildman–Crippen LogP) is 7.08. The molecule has 0 amide bonds. The fourth-order valence-corrected chi connectivity index (χ4v) is 7.98. The Labute approximate surface area is 205 Å². The van der Waals surface area contributed by atoms with Gasteiger partial charge in [-0.3, -0.25) is 4.79 Å². The minimum absolute atomic E-state index is 0.0184. The van der Waals surface area contributed by atoms with Gasteiger partial charge in [0.1, 0.15) is 14.9 Å². The zero-order chi connectivity index (χ0) is 24.7. The van der Waals surface area contributed by atoms with Crippen molar-refractivity contribution in [1.29, 1.82) is 0 Å². The zero-order valence-electron chi connectivity index (χ0n) is 22.8. The summed E-state index contributed by atoms with van der Waals surface area (Å²) in [7, 11) is -2.56. The number of rotatable bonds is 6. The Morgan fingerprint density at radius 1 is 1.03 bits per heavy atom. The van der Waals surface area contributed by atoms with Gasteiger partial charge in [-0.2, -0.15) is 0 Å². The van der Waals surface area contributed by atoms with Gasteiger partial charge in [0.2, 0.25) is 0 Å². The van der Waals surface area contributed by atoms with Crippen LogP contribution in [0, 0.1) is 33.6 Å². The number of allylic oxidation sites excluding steroid dienone is 2. The van der Waals surface area contributed by atoms with E-state index in [0.717, 1.165) is 38.7 Å². The van der Waals surface area contributed by atoms with Crippen molar-refractivity contribution in [1.82, 2.24) is 0 Å². The van der Waals surface area contributed by atoms with Crippen molar-refractivity contribution in [3.63, 3.8) is 0 Å². The van der Waals surface area contributed by atoms with E-state index in [9.17, 15) is 4.79 Å². The summed E-state index contributed by atoms with van der Waals surface area (Å²) in [6.07, 6.45) is 8.08. The van der Waals surface area contributed by atoms with E-state index in [1.165, 1.54) is 11.6 Å². The topological polar surface area (TPSA) is 35.5 Å². The number of ketones is 1. The van der Waals surface area contributed by atoms with E-state index in [2.05, 4.69) is 71.5 Å². The Morgan fingerprint density at radius 3 is 2.36 bits per heavy atom.